The summed E-state index contributed by atoms with van der Waals surface area (Å²) in [6.45, 7) is 3.58. The summed E-state index contributed by atoms with van der Waals surface area (Å²) in [7, 11) is -3.24. The summed E-state index contributed by atoms with van der Waals surface area (Å²) in [5.74, 6) is 0. The fourth-order valence-corrected chi connectivity index (χ4v) is 6.38. The van der Waals surface area contributed by atoms with Crippen LogP contribution in [0.2, 0.25) is 0 Å². The second kappa shape index (κ2) is 9.00. The van der Waals surface area contributed by atoms with Gasteiger partial charge in [-0.1, -0.05) is 49.4 Å². The number of hydrogen-bond acceptors (Lipinski definition) is 4. The Kier molecular flexibility index (Phi) is 6.72. The number of nitrogens with zero attached hydrogens (tertiary/aromatic N) is 2. The van der Waals surface area contributed by atoms with Gasteiger partial charge in [-0.15, -0.1) is 0 Å². The number of sulfonamides is 1. The molecule has 2 aliphatic heterocycles. The van der Waals surface area contributed by atoms with Crippen LogP contribution in [-0.2, 0) is 28.6 Å². The lowest BCUT2D eigenvalue weighted by molar-refractivity contribution is -0.376. The van der Waals surface area contributed by atoms with E-state index in [4.69, 9.17) is 0 Å². The van der Waals surface area contributed by atoms with E-state index in [0.29, 0.717) is 49.3 Å². The average molecular weight is 537 g/mol. The maximum absolute atomic E-state index is 13.2. The van der Waals surface area contributed by atoms with Crippen molar-refractivity contribution in [1.29, 1.82) is 0 Å². The van der Waals surface area contributed by atoms with Gasteiger partial charge in [0, 0.05) is 37.3 Å². The summed E-state index contributed by atoms with van der Waals surface area (Å²) in [4.78, 5) is 2.23. The van der Waals surface area contributed by atoms with Crippen molar-refractivity contribution < 1.29 is 39.9 Å². The average Bonchev–Trinajstić information content (AvgIpc) is 3.38. The molecule has 0 spiro atoms. The molecule has 2 aliphatic rings. The van der Waals surface area contributed by atoms with Crippen LogP contribution in [0.4, 0.5) is 26.3 Å². The first-order valence-corrected chi connectivity index (χ1v) is 13.2. The van der Waals surface area contributed by atoms with Gasteiger partial charge < -0.3 is 5.11 Å². The fourth-order valence-electron chi connectivity index (χ4n) is 5.25. The smallest absolute Gasteiger partial charge is 0.369 e. The number of rotatable bonds is 6. The Hall–Kier alpha value is -2.15. The van der Waals surface area contributed by atoms with Crippen LogP contribution in [0.5, 0.6) is 0 Å². The number of halogens is 6. The summed E-state index contributed by atoms with van der Waals surface area (Å²) in [6, 6.07) is 9.26. The Morgan fingerprint density at radius 1 is 0.944 bits per heavy atom. The molecule has 2 aromatic carbocycles. The van der Waals surface area contributed by atoms with Crippen LogP contribution in [-0.4, -0.2) is 66.5 Å². The first-order chi connectivity index (χ1) is 16.6. The van der Waals surface area contributed by atoms with Crippen molar-refractivity contribution in [2.24, 2.45) is 0 Å². The number of aryl methyl sites for hydroxylation is 1. The zero-order valence-corrected chi connectivity index (χ0v) is 20.4. The van der Waals surface area contributed by atoms with Gasteiger partial charge in [-0.3, -0.25) is 4.90 Å². The number of fused-ring (bicyclic) bond motifs is 2. The molecular weight excluding hydrogens is 510 g/mol. The van der Waals surface area contributed by atoms with E-state index in [1.54, 1.807) is 6.07 Å². The summed E-state index contributed by atoms with van der Waals surface area (Å²) in [5, 5.41) is 9.60. The van der Waals surface area contributed by atoms with Crippen LogP contribution in [0, 0.1) is 0 Å². The van der Waals surface area contributed by atoms with Crippen molar-refractivity contribution in [2.75, 3.05) is 19.3 Å². The molecule has 36 heavy (non-hydrogen) atoms. The SMILES string of the molecule is CCc1cc(CN2CC3CC2CN3S(C)(=O)=O)ccc1-c1ccc(C(O)(C(F)(F)F)C(F)(F)F)cc1. The van der Waals surface area contributed by atoms with Gasteiger partial charge in [-0.05, 0) is 35.1 Å². The molecule has 2 bridgehead atoms. The quantitative estimate of drug-likeness (QED) is 0.555. The van der Waals surface area contributed by atoms with Crippen molar-refractivity contribution >= 4 is 10.0 Å². The molecule has 4 rings (SSSR count). The highest BCUT2D eigenvalue weighted by Gasteiger charge is 2.71. The molecular formula is C24H26F6N2O3S. The van der Waals surface area contributed by atoms with Crippen LogP contribution >= 0.6 is 0 Å². The summed E-state index contributed by atoms with van der Waals surface area (Å²) in [5.41, 5.74) is -3.32. The fraction of sp³-hybridized carbons (Fsp3) is 0.500. The predicted octanol–water partition coefficient (Wildman–Crippen LogP) is 4.45. The number of benzene rings is 2. The highest BCUT2D eigenvalue weighted by Crippen LogP contribution is 2.50. The van der Waals surface area contributed by atoms with Crippen LogP contribution in [0.15, 0.2) is 42.5 Å². The minimum Gasteiger partial charge on any atom is -0.369 e. The van der Waals surface area contributed by atoms with E-state index < -0.39 is 33.5 Å². The Morgan fingerprint density at radius 3 is 2.03 bits per heavy atom. The van der Waals surface area contributed by atoms with E-state index in [1.165, 1.54) is 10.6 Å². The molecule has 5 nitrogen and oxygen atoms in total. The minimum absolute atomic E-state index is 0.0412. The third-order valence-electron chi connectivity index (χ3n) is 7.10. The Bertz CT molecular complexity index is 1210. The zero-order valence-electron chi connectivity index (χ0n) is 19.6. The largest absolute Gasteiger partial charge is 0.430 e. The van der Waals surface area contributed by atoms with Crippen LogP contribution < -0.4 is 0 Å². The third kappa shape index (κ3) is 4.64. The second-order valence-corrected chi connectivity index (χ2v) is 11.4. The molecule has 2 atom stereocenters. The predicted molar refractivity (Wildman–Crippen MR) is 121 cm³/mol. The molecule has 0 saturated carbocycles. The van der Waals surface area contributed by atoms with Gasteiger partial charge in [-0.2, -0.15) is 30.6 Å². The molecule has 0 aliphatic carbocycles. The third-order valence-corrected chi connectivity index (χ3v) is 8.40. The van der Waals surface area contributed by atoms with E-state index in [9.17, 15) is 39.9 Å². The highest BCUT2D eigenvalue weighted by molar-refractivity contribution is 7.88. The normalized spacial score (nSPS) is 21.9. The molecule has 2 fully saturated rings. The topological polar surface area (TPSA) is 60.9 Å². The molecule has 0 aromatic heterocycles. The highest BCUT2D eigenvalue weighted by atomic mass is 32.2. The van der Waals surface area contributed by atoms with Crippen LogP contribution in [0.1, 0.15) is 30.0 Å². The van der Waals surface area contributed by atoms with Gasteiger partial charge >= 0.3 is 12.4 Å². The summed E-state index contributed by atoms with van der Waals surface area (Å²) >= 11 is 0. The van der Waals surface area contributed by atoms with E-state index in [2.05, 4.69) is 4.90 Å². The maximum Gasteiger partial charge on any atom is 0.430 e. The van der Waals surface area contributed by atoms with E-state index in [0.717, 1.165) is 29.7 Å². The molecule has 2 heterocycles. The Labute approximate surface area is 205 Å². The molecule has 198 valence electrons. The van der Waals surface area contributed by atoms with Crippen molar-refractivity contribution in [3.8, 4) is 11.1 Å². The van der Waals surface area contributed by atoms with Crippen molar-refractivity contribution in [3.63, 3.8) is 0 Å². The second-order valence-electron chi connectivity index (χ2n) is 9.43. The number of hydrogen-bond donors (Lipinski definition) is 1. The summed E-state index contributed by atoms with van der Waals surface area (Å²) in [6.07, 6.45) is -9.30. The molecule has 0 radical (unpaired) electrons. The maximum atomic E-state index is 13.2. The lowest BCUT2D eigenvalue weighted by Gasteiger charge is -2.33. The van der Waals surface area contributed by atoms with Gasteiger partial charge in [0.1, 0.15) is 0 Å². The molecule has 2 unspecified atom stereocenters. The summed E-state index contributed by atoms with van der Waals surface area (Å²) < 4.78 is 104. The van der Waals surface area contributed by atoms with Gasteiger partial charge in [-0.25, -0.2) is 8.42 Å². The Balaban J connectivity index is 1.55. The lowest BCUT2D eigenvalue weighted by Crippen LogP contribution is -2.53. The van der Waals surface area contributed by atoms with Crippen molar-refractivity contribution in [2.45, 2.75) is 56.3 Å². The monoisotopic (exact) mass is 536 g/mol. The number of piperazine rings is 1. The minimum atomic E-state index is -5.93. The van der Waals surface area contributed by atoms with E-state index in [1.807, 2.05) is 19.1 Å². The van der Waals surface area contributed by atoms with Gasteiger partial charge in [0.2, 0.25) is 10.0 Å². The molecule has 0 amide bonds. The molecule has 2 aromatic rings. The van der Waals surface area contributed by atoms with Gasteiger partial charge in [0.05, 0.1) is 6.26 Å². The van der Waals surface area contributed by atoms with Crippen molar-refractivity contribution in [3.05, 3.63) is 59.2 Å². The molecule has 12 heteroatoms. The van der Waals surface area contributed by atoms with Crippen LogP contribution in [0.3, 0.4) is 0 Å². The zero-order chi connectivity index (χ0) is 26.7. The molecule has 2 saturated heterocycles. The van der Waals surface area contributed by atoms with Gasteiger partial charge in [0.15, 0.2) is 0 Å². The van der Waals surface area contributed by atoms with E-state index in [-0.39, 0.29) is 12.1 Å². The Morgan fingerprint density at radius 2 is 1.56 bits per heavy atom. The van der Waals surface area contributed by atoms with Crippen molar-refractivity contribution in [1.82, 2.24) is 9.21 Å². The number of aliphatic hydroxyl groups is 1. The first-order valence-electron chi connectivity index (χ1n) is 11.4. The molecule has 1 N–H and O–H groups in total. The van der Waals surface area contributed by atoms with Gasteiger partial charge in [0.25, 0.3) is 5.60 Å². The first kappa shape index (κ1) is 26.9. The number of likely N-dealkylation sites (tertiary alicyclic amines) is 1. The lowest BCUT2D eigenvalue weighted by atomic mass is 9.89. The van der Waals surface area contributed by atoms with Crippen LogP contribution in [0.25, 0.3) is 11.1 Å². The number of alkyl halides is 6. The standard InChI is InChI=1S/C24H26F6N2O3S/c1-3-16-10-15(12-31-13-20-11-19(31)14-32(20)36(2,34)35)4-9-21(16)17-5-7-18(8-6-17)22(33,23(25,26)27)24(28,29)30/h4-10,19-20,33H,3,11-14H2,1-2H3. The van der Waals surface area contributed by atoms with E-state index >= 15 is 0 Å².